The van der Waals surface area contributed by atoms with Gasteiger partial charge in [-0.25, -0.2) is 4.98 Å². The zero-order chi connectivity index (χ0) is 15.1. The Morgan fingerprint density at radius 3 is 2.76 bits per heavy atom. The number of imidazole rings is 1. The normalized spacial score (nSPS) is 10.3. The summed E-state index contributed by atoms with van der Waals surface area (Å²) in [6.45, 7) is 4.80. The van der Waals surface area contributed by atoms with Gasteiger partial charge < -0.3 is 10.3 Å². The molecule has 2 aromatic rings. The first-order valence-electron chi connectivity index (χ1n) is 7.30. The van der Waals surface area contributed by atoms with Crippen LogP contribution in [0.1, 0.15) is 42.9 Å². The van der Waals surface area contributed by atoms with Gasteiger partial charge in [0.2, 0.25) is 0 Å². The lowest BCUT2D eigenvalue weighted by Gasteiger charge is -2.11. The molecule has 6 heteroatoms. The van der Waals surface area contributed by atoms with Crippen LogP contribution in [0.5, 0.6) is 0 Å². The number of hydrogen-bond donors (Lipinski definition) is 2. The van der Waals surface area contributed by atoms with Gasteiger partial charge in [0.1, 0.15) is 17.5 Å². The minimum atomic E-state index is 0.589. The molecule has 110 valence electrons. The number of nitrogens with one attached hydrogen (secondary N) is 2. The molecule has 0 unspecified atom stereocenters. The van der Waals surface area contributed by atoms with Crippen LogP contribution in [0.4, 0.5) is 5.82 Å². The van der Waals surface area contributed by atoms with Gasteiger partial charge in [0.15, 0.2) is 5.82 Å². The number of aromatic nitrogens is 4. The van der Waals surface area contributed by atoms with Crippen molar-refractivity contribution in [3.05, 3.63) is 35.0 Å². The topological polar surface area (TPSA) is 90.3 Å². The molecule has 0 aliphatic carbocycles. The molecule has 0 aliphatic heterocycles. The minimum absolute atomic E-state index is 0.589. The van der Waals surface area contributed by atoms with Crippen LogP contribution in [0.15, 0.2) is 12.4 Å². The van der Waals surface area contributed by atoms with E-state index in [0.717, 1.165) is 49.3 Å². The average molecular weight is 284 g/mol. The number of H-pyrrole nitrogens is 1. The van der Waals surface area contributed by atoms with Crippen molar-refractivity contribution in [2.24, 2.45) is 0 Å². The molecule has 2 N–H and O–H groups in total. The van der Waals surface area contributed by atoms with E-state index in [9.17, 15) is 5.26 Å². The second kappa shape index (κ2) is 7.39. The van der Waals surface area contributed by atoms with E-state index in [1.54, 1.807) is 6.20 Å². The highest BCUT2D eigenvalue weighted by atomic mass is 15.2. The fourth-order valence-electron chi connectivity index (χ4n) is 2.31. The van der Waals surface area contributed by atoms with E-state index < -0.39 is 0 Å². The zero-order valence-corrected chi connectivity index (χ0v) is 12.5. The number of hydrogen-bond acceptors (Lipinski definition) is 5. The largest absolute Gasteiger partial charge is 0.367 e. The molecule has 0 aliphatic rings. The third-order valence-electron chi connectivity index (χ3n) is 3.40. The smallest absolute Gasteiger partial charge is 0.166 e. The van der Waals surface area contributed by atoms with Crippen molar-refractivity contribution in [1.29, 1.82) is 5.26 Å². The summed E-state index contributed by atoms with van der Waals surface area (Å²) in [6, 6.07) is 2.26. The maximum Gasteiger partial charge on any atom is 0.166 e. The van der Waals surface area contributed by atoms with Crippen LogP contribution >= 0.6 is 0 Å². The maximum atomic E-state index is 9.38. The summed E-state index contributed by atoms with van der Waals surface area (Å²) in [5.74, 6) is 1.56. The van der Waals surface area contributed by atoms with E-state index in [1.807, 2.05) is 20.0 Å². The summed E-state index contributed by atoms with van der Waals surface area (Å²) in [4.78, 5) is 7.25. The van der Waals surface area contributed by atoms with Crippen LogP contribution in [-0.4, -0.2) is 26.7 Å². The highest BCUT2D eigenvalue weighted by Gasteiger charge is 2.13. The van der Waals surface area contributed by atoms with Crippen molar-refractivity contribution in [2.45, 2.75) is 39.5 Å². The molecule has 0 radical (unpaired) electrons. The standard InChI is InChI=1S/C15H20N6/c1-3-11-12(10-16)15(21-20-13(11)4-2)19-7-5-6-14-17-8-9-18-14/h8-9H,3-7H2,1-2H3,(H,17,18)(H,19,21). The van der Waals surface area contributed by atoms with E-state index in [2.05, 4.69) is 31.6 Å². The summed E-state index contributed by atoms with van der Waals surface area (Å²) < 4.78 is 0. The van der Waals surface area contributed by atoms with Gasteiger partial charge in [-0.15, -0.1) is 5.10 Å². The van der Waals surface area contributed by atoms with Crippen LogP contribution in [0.2, 0.25) is 0 Å². The maximum absolute atomic E-state index is 9.38. The summed E-state index contributed by atoms with van der Waals surface area (Å²) in [5, 5.41) is 21.0. The van der Waals surface area contributed by atoms with Gasteiger partial charge >= 0.3 is 0 Å². The van der Waals surface area contributed by atoms with E-state index in [1.165, 1.54) is 0 Å². The Balaban J connectivity index is 2.01. The number of aromatic amines is 1. The Kier molecular flexibility index (Phi) is 5.27. The van der Waals surface area contributed by atoms with Crippen molar-refractivity contribution in [2.75, 3.05) is 11.9 Å². The highest BCUT2D eigenvalue weighted by molar-refractivity contribution is 5.56. The molecule has 0 bridgehead atoms. The number of anilines is 1. The molecule has 21 heavy (non-hydrogen) atoms. The first-order valence-corrected chi connectivity index (χ1v) is 7.30. The molecule has 6 nitrogen and oxygen atoms in total. The molecule has 0 spiro atoms. The Labute approximate surface area is 124 Å². The van der Waals surface area contributed by atoms with Crippen LogP contribution in [0.25, 0.3) is 0 Å². The van der Waals surface area contributed by atoms with Gasteiger partial charge in [-0.3, -0.25) is 0 Å². The Bertz CT molecular complexity index is 612. The molecule has 0 atom stereocenters. The summed E-state index contributed by atoms with van der Waals surface area (Å²) in [6.07, 6.45) is 6.93. The molecule has 0 saturated heterocycles. The fraction of sp³-hybridized carbons (Fsp3) is 0.467. The number of nitrogens with zero attached hydrogens (tertiary/aromatic N) is 4. The SMILES string of the molecule is CCc1nnc(NCCCc2ncc[nH]2)c(C#N)c1CC. The lowest BCUT2D eigenvalue weighted by atomic mass is 10.0. The summed E-state index contributed by atoms with van der Waals surface area (Å²) in [5.41, 5.74) is 2.54. The van der Waals surface area contributed by atoms with E-state index in [-0.39, 0.29) is 0 Å². The fourth-order valence-corrected chi connectivity index (χ4v) is 2.31. The number of aryl methyl sites for hydroxylation is 2. The van der Waals surface area contributed by atoms with Crippen molar-refractivity contribution in [1.82, 2.24) is 20.2 Å². The first kappa shape index (κ1) is 15.0. The summed E-state index contributed by atoms with van der Waals surface area (Å²) in [7, 11) is 0. The molecule has 0 aromatic carbocycles. The lowest BCUT2D eigenvalue weighted by molar-refractivity contribution is 0.804. The Morgan fingerprint density at radius 2 is 2.14 bits per heavy atom. The van der Waals surface area contributed by atoms with Crippen LogP contribution in [0.3, 0.4) is 0 Å². The quantitative estimate of drug-likeness (QED) is 0.761. The molecule has 2 aromatic heterocycles. The van der Waals surface area contributed by atoms with Gasteiger partial charge in [-0.2, -0.15) is 10.4 Å². The van der Waals surface area contributed by atoms with Gasteiger partial charge in [0.25, 0.3) is 0 Å². The monoisotopic (exact) mass is 284 g/mol. The van der Waals surface area contributed by atoms with Gasteiger partial charge in [-0.05, 0) is 24.8 Å². The molecular formula is C15H20N6. The highest BCUT2D eigenvalue weighted by Crippen LogP contribution is 2.19. The van der Waals surface area contributed by atoms with Crippen molar-refractivity contribution in [3.63, 3.8) is 0 Å². The predicted molar refractivity (Wildman–Crippen MR) is 80.9 cm³/mol. The molecule has 2 heterocycles. The van der Waals surface area contributed by atoms with Crippen molar-refractivity contribution < 1.29 is 0 Å². The molecule has 0 amide bonds. The molecular weight excluding hydrogens is 264 g/mol. The lowest BCUT2D eigenvalue weighted by Crippen LogP contribution is -2.11. The Hall–Kier alpha value is -2.42. The van der Waals surface area contributed by atoms with Crippen LogP contribution in [-0.2, 0) is 19.3 Å². The second-order valence-corrected chi connectivity index (χ2v) is 4.73. The number of nitriles is 1. The summed E-state index contributed by atoms with van der Waals surface area (Å²) >= 11 is 0. The van der Waals surface area contributed by atoms with Crippen LogP contribution in [0, 0.1) is 11.3 Å². The van der Waals surface area contributed by atoms with Crippen molar-refractivity contribution >= 4 is 5.82 Å². The third kappa shape index (κ3) is 3.57. The van der Waals surface area contributed by atoms with E-state index >= 15 is 0 Å². The van der Waals surface area contributed by atoms with Crippen molar-refractivity contribution in [3.8, 4) is 6.07 Å². The zero-order valence-electron chi connectivity index (χ0n) is 12.5. The molecule has 0 saturated carbocycles. The van der Waals surface area contributed by atoms with E-state index in [0.29, 0.717) is 11.4 Å². The van der Waals surface area contributed by atoms with E-state index in [4.69, 9.17) is 0 Å². The number of rotatable bonds is 7. The van der Waals surface area contributed by atoms with Crippen LogP contribution < -0.4 is 5.32 Å². The third-order valence-corrected chi connectivity index (χ3v) is 3.40. The predicted octanol–water partition coefficient (Wildman–Crippen LogP) is 2.24. The Morgan fingerprint density at radius 1 is 1.29 bits per heavy atom. The average Bonchev–Trinajstić information content (AvgIpc) is 3.03. The van der Waals surface area contributed by atoms with Gasteiger partial charge in [-0.1, -0.05) is 13.8 Å². The minimum Gasteiger partial charge on any atom is -0.367 e. The molecule has 2 rings (SSSR count). The molecule has 0 fully saturated rings. The van der Waals surface area contributed by atoms with Gasteiger partial charge in [0, 0.05) is 25.4 Å². The second-order valence-electron chi connectivity index (χ2n) is 4.73. The van der Waals surface area contributed by atoms with Gasteiger partial charge in [0.05, 0.1) is 5.69 Å². The first-order chi connectivity index (χ1) is 10.3.